The van der Waals surface area contributed by atoms with E-state index in [9.17, 15) is 5.11 Å². The minimum Gasteiger partial charge on any atom is -0.427 e. The zero-order valence-electron chi connectivity index (χ0n) is 23.6. The van der Waals surface area contributed by atoms with Gasteiger partial charge in [-0.25, -0.2) is 4.98 Å². The average Bonchev–Trinajstić information content (AvgIpc) is 3.51. The summed E-state index contributed by atoms with van der Waals surface area (Å²) in [4.78, 5) is 5.27. The summed E-state index contributed by atoms with van der Waals surface area (Å²) in [5.41, 5.74) is 5.73. The van der Waals surface area contributed by atoms with Crippen molar-refractivity contribution in [3.63, 3.8) is 0 Å². The molecule has 0 saturated carbocycles. The number of hydrogen-bond acceptors (Lipinski definition) is 4. The molecule has 1 radical (unpaired) electrons. The Bertz CT molecular complexity index is 2050. The Morgan fingerprint density at radius 1 is 0.756 bits per heavy atom. The van der Waals surface area contributed by atoms with Crippen LogP contribution in [0, 0.1) is 0 Å². The van der Waals surface area contributed by atoms with Crippen LogP contribution in [0.3, 0.4) is 0 Å². The van der Waals surface area contributed by atoms with Crippen molar-refractivity contribution in [1.82, 2.24) is 9.55 Å². The Labute approximate surface area is 244 Å². The van der Waals surface area contributed by atoms with Crippen LogP contribution < -0.4 is 5.46 Å². The largest absolute Gasteiger partial charge is 0.427 e. The van der Waals surface area contributed by atoms with Crippen LogP contribution in [0.4, 0.5) is 0 Å². The number of hydrogen-bond donors (Lipinski definition) is 1. The molecule has 0 fully saturated rings. The highest BCUT2D eigenvalue weighted by Gasteiger charge is 2.35. The molecule has 3 aromatic heterocycles. The minimum atomic E-state index is -0.981. The zero-order valence-corrected chi connectivity index (χ0v) is 24.4. The van der Waals surface area contributed by atoms with Crippen molar-refractivity contribution in [1.29, 1.82) is 0 Å². The van der Waals surface area contributed by atoms with E-state index in [1.54, 1.807) is 21.3 Å². The fourth-order valence-electron chi connectivity index (χ4n) is 5.28. The summed E-state index contributed by atoms with van der Waals surface area (Å²) in [6, 6.07) is 36.0. The highest BCUT2D eigenvalue weighted by Crippen LogP contribution is 2.47. The van der Waals surface area contributed by atoms with Gasteiger partial charge < -0.3 is 14.3 Å². The average molecular weight is 554 g/mol. The van der Waals surface area contributed by atoms with Gasteiger partial charge in [0.25, 0.3) is 0 Å². The molecule has 0 saturated heterocycles. The third kappa shape index (κ3) is 4.26. The molecule has 3 heterocycles. The lowest BCUT2D eigenvalue weighted by Gasteiger charge is -2.37. The molecule has 0 atom stereocenters. The highest BCUT2D eigenvalue weighted by atomic mass is 32.1. The van der Waals surface area contributed by atoms with Crippen LogP contribution in [0.2, 0.25) is 0 Å². The number of thiophene rings is 1. The molecule has 4 aromatic carbocycles. The molecule has 0 amide bonds. The first-order chi connectivity index (χ1) is 19.7. The lowest BCUT2D eigenvalue weighted by atomic mass is 9.82. The molecule has 201 valence electrons. The van der Waals surface area contributed by atoms with Crippen molar-refractivity contribution in [2.75, 3.05) is 0 Å². The van der Waals surface area contributed by atoms with Gasteiger partial charge in [0.15, 0.2) is 0 Å². The van der Waals surface area contributed by atoms with Crippen LogP contribution in [0.5, 0.6) is 0 Å². The zero-order chi connectivity index (χ0) is 28.4. The van der Waals surface area contributed by atoms with E-state index in [0.717, 1.165) is 27.9 Å². The second-order valence-corrected chi connectivity index (χ2v) is 12.6. The number of rotatable bonds is 6. The number of para-hydroxylation sites is 3. The molecule has 7 aromatic rings. The molecule has 4 nitrogen and oxygen atoms in total. The normalized spacial score (nSPS) is 12.6. The first kappa shape index (κ1) is 26.0. The lowest BCUT2D eigenvalue weighted by molar-refractivity contribution is -0.0893. The summed E-state index contributed by atoms with van der Waals surface area (Å²) in [6.07, 6.45) is 0. The summed E-state index contributed by atoms with van der Waals surface area (Å²) >= 11 is 1.85. The van der Waals surface area contributed by atoms with Crippen LogP contribution in [0.25, 0.3) is 59.1 Å². The van der Waals surface area contributed by atoms with Crippen LogP contribution in [0.15, 0.2) is 103 Å². The molecule has 0 aliphatic carbocycles. The summed E-state index contributed by atoms with van der Waals surface area (Å²) < 4.78 is 10.9. The molecular formula is C35H30BN2O2S. The molecular weight excluding hydrogens is 523 g/mol. The van der Waals surface area contributed by atoms with Gasteiger partial charge in [0, 0.05) is 32.1 Å². The Morgan fingerprint density at radius 3 is 2.15 bits per heavy atom. The maximum atomic E-state index is 10.5. The van der Waals surface area contributed by atoms with E-state index in [4.69, 9.17) is 9.64 Å². The monoisotopic (exact) mass is 553 g/mol. The molecule has 6 heteroatoms. The van der Waals surface area contributed by atoms with Gasteiger partial charge in [-0.15, -0.1) is 11.3 Å². The number of pyridine rings is 1. The number of benzene rings is 4. The Morgan fingerprint density at radius 2 is 1.41 bits per heavy atom. The Balaban J connectivity index is 1.46. The van der Waals surface area contributed by atoms with E-state index in [1.807, 2.05) is 25.2 Å². The first-order valence-corrected chi connectivity index (χ1v) is 14.7. The summed E-state index contributed by atoms with van der Waals surface area (Å²) in [5, 5.41) is 14.1. The predicted molar refractivity (Wildman–Crippen MR) is 174 cm³/mol. The SMILES string of the molecule is CC(C)(O)C(C)(C)O[B]c1ccc(-c2nc3ccccc3c3sc4c5ccccc5n(-c5ccccc5)c4c23)cc1. The highest BCUT2D eigenvalue weighted by molar-refractivity contribution is 7.27. The molecule has 0 aliphatic rings. The van der Waals surface area contributed by atoms with Gasteiger partial charge in [0.05, 0.1) is 38.1 Å². The molecule has 0 aliphatic heterocycles. The van der Waals surface area contributed by atoms with Gasteiger partial charge in [0.1, 0.15) is 0 Å². The fourth-order valence-corrected chi connectivity index (χ4v) is 6.64. The smallest absolute Gasteiger partial charge is 0.330 e. The third-order valence-electron chi connectivity index (χ3n) is 8.28. The predicted octanol–water partition coefficient (Wildman–Crippen LogP) is 8.02. The topological polar surface area (TPSA) is 47.3 Å². The van der Waals surface area contributed by atoms with Gasteiger partial charge in [-0.2, -0.15) is 0 Å². The maximum absolute atomic E-state index is 10.5. The fraction of sp³-hybridized carbons (Fsp3) is 0.171. The molecule has 1 N–H and O–H groups in total. The van der Waals surface area contributed by atoms with Gasteiger partial charge in [-0.1, -0.05) is 84.3 Å². The van der Waals surface area contributed by atoms with E-state index in [0.29, 0.717) is 0 Å². The van der Waals surface area contributed by atoms with E-state index in [2.05, 4.69) is 108 Å². The molecule has 7 rings (SSSR count). The van der Waals surface area contributed by atoms with Gasteiger partial charge >= 0.3 is 7.48 Å². The summed E-state index contributed by atoms with van der Waals surface area (Å²) in [5.74, 6) is 0. The number of aliphatic hydroxyl groups is 1. The van der Waals surface area contributed by atoms with Crippen LogP contribution in [-0.4, -0.2) is 33.3 Å². The second-order valence-electron chi connectivity index (χ2n) is 11.6. The minimum absolute atomic E-state index is 0.731. The van der Waals surface area contributed by atoms with Crippen LogP contribution >= 0.6 is 11.3 Å². The standard InChI is InChI=1S/C35H30BN2O2S/c1-34(2,39)35(3,4)40-36-23-20-18-22(19-21-23)30-29-31-33(41-32(29)25-14-8-10-16-27(25)37-30)26-15-9-11-17-28(26)38(31)24-12-6-5-7-13-24/h5-21,39H,1-4H3. The van der Waals surface area contributed by atoms with E-state index in [-0.39, 0.29) is 0 Å². The van der Waals surface area contributed by atoms with Crippen molar-refractivity contribution in [2.24, 2.45) is 0 Å². The second kappa shape index (κ2) is 9.56. The van der Waals surface area contributed by atoms with Crippen molar-refractivity contribution in [3.05, 3.63) is 103 Å². The van der Waals surface area contributed by atoms with E-state index >= 15 is 0 Å². The van der Waals surface area contributed by atoms with Crippen molar-refractivity contribution < 1.29 is 9.76 Å². The van der Waals surface area contributed by atoms with E-state index < -0.39 is 11.2 Å². The Kier molecular flexibility index (Phi) is 6.05. The number of aromatic nitrogens is 2. The van der Waals surface area contributed by atoms with E-state index in [1.165, 1.54) is 36.6 Å². The summed E-state index contributed by atoms with van der Waals surface area (Å²) in [6.45, 7) is 7.30. The van der Waals surface area contributed by atoms with Gasteiger partial charge in [0.2, 0.25) is 0 Å². The van der Waals surface area contributed by atoms with Crippen molar-refractivity contribution in [3.8, 4) is 16.9 Å². The lowest BCUT2D eigenvalue weighted by Crippen LogP contribution is -2.49. The Hall–Kier alpha value is -3.97. The first-order valence-electron chi connectivity index (χ1n) is 13.9. The van der Waals surface area contributed by atoms with Crippen molar-refractivity contribution in [2.45, 2.75) is 38.9 Å². The van der Waals surface area contributed by atoms with Gasteiger partial charge in [-0.3, -0.25) is 0 Å². The third-order valence-corrected chi connectivity index (χ3v) is 9.52. The van der Waals surface area contributed by atoms with Crippen LogP contribution in [0.1, 0.15) is 27.7 Å². The van der Waals surface area contributed by atoms with Crippen molar-refractivity contribution >= 4 is 66.4 Å². The number of nitrogens with zero attached hydrogens (tertiary/aromatic N) is 2. The summed E-state index contributed by atoms with van der Waals surface area (Å²) in [7, 11) is 1.72. The maximum Gasteiger partial charge on any atom is 0.330 e. The molecule has 0 unspecified atom stereocenters. The van der Waals surface area contributed by atoms with Crippen LogP contribution in [-0.2, 0) is 4.65 Å². The molecule has 0 spiro atoms. The molecule has 41 heavy (non-hydrogen) atoms. The van der Waals surface area contributed by atoms with Gasteiger partial charge in [-0.05, 0) is 52.0 Å². The quantitative estimate of drug-likeness (QED) is 0.212. The molecule has 0 bridgehead atoms. The number of fused-ring (bicyclic) bond motifs is 7.